The largest absolute Gasteiger partial charge is 0.478 e. The van der Waals surface area contributed by atoms with Crippen LogP contribution in [0.25, 0.3) is 17.1 Å². The summed E-state index contributed by atoms with van der Waals surface area (Å²) in [6, 6.07) is 3.73. The molecule has 0 unspecified atom stereocenters. The van der Waals surface area contributed by atoms with Crippen molar-refractivity contribution < 1.29 is 9.90 Å². The van der Waals surface area contributed by atoms with E-state index < -0.39 is 5.97 Å². The number of imidazole rings is 1. The fourth-order valence-corrected chi connectivity index (χ4v) is 1.76. The lowest BCUT2D eigenvalue weighted by Gasteiger charge is -2.02. The van der Waals surface area contributed by atoms with E-state index in [0.29, 0.717) is 5.88 Å². The third kappa shape index (κ3) is 1.92. The van der Waals surface area contributed by atoms with Gasteiger partial charge in [-0.2, -0.15) is 0 Å². The molecule has 4 nitrogen and oxygen atoms in total. The van der Waals surface area contributed by atoms with E-state index in [1.165, 1.54) is 6.08 Å². The smallest absolute Gasteiger partial charge is 0.328 e. The van der Waals surface area contributed by atoms with Gasteiger partial charge in [0.2, 0.25) is 0 Å². The molecule has 16 heavy (non-hydrogen) atoms. The highest BCUT2D eigenvalue weighted by molar-refractivity contribution is 6.17. The number of aromatic nitrogens is 2. The normalized spacial score (nSPS) is 11.3. The third-order valence-corrected chi connectivity index (χ3v) is 2.55. The topological polar surface area (TPSA) is 66.0 Å². The quantitative estimate of drug-likeness (QED) is 0.635. The number of carboxylic acids is 1. The molecule has 0 aliphatic rings. The standard InChI is InChI=1S/C11H9ClN2O2/c12-5-7-1-3-9-11(14-6-13-9)8(7)2-4-10(15)16/h1-4,6H,5H2,(H,13,14)(H,15,16)/b4-2+. The fraction of sp³-hybridized carbons (Fsp3) is 0.0909. The minimum absolute atomic E-state index is 0.322. The van der Waals surface area contributed by atoms with Crippen molar-refractivity contribution in [1.82, 2.24) is 9.97 Å². The Hall–Kier alpha value is -1.81. The molecule has 0 bridgehead atoms. The first-order valence-electron chi connectivity index (χ1n) is 4.64. The number of carbonyl (C=O) groups is 1. The Labute approximate surface area is 96.6 Å². The maximum absolute atomic E-state index is 10.5. The molecule has 0 amide bonds. The minimum Gasteiger partial charge on any atom is -0.478 e. The first-order chi connectivity index (χ1) is 7.72. The summed E-state index contributed by atoms with van der Waals surface area (Å²) in [5.74, 6) is -0.671. The van der Waals surface area contributed by atoms with Crippen molar-refractivity contribution in [2.75, 3.05) is 0 Å². The SMILES string of the molecule is O=C(O)/C=C/c1c(CCl)ccc2[nH]cnc12. The number of hydrogen-bond donors (Lipinski definition) is 2. The van der Waals surface area contributed by atoms with Gasteiger partial charge in [0.25, 0.3) is 0 Å². The van der Waals surface area contributed by atoms with Crippen LogP contribution in [0.4, 0.5) is 0 Å². The zero-order chi connectivity index (χ0) is 11.5. The maximum atomic E-state index is 10.5. The number of fused-ring (bicyclic) bond motifs is 1. The molecule has 0 aliphatic carbocycles. The summed E-state index contributed by atoms with van der Waals surface area (Å²) in [5, 5.41) is 8.61. The molecule has 1 aromatic carbocycles. The lowest BCUT2D eigenvalue weighted by Crippen LogP contribution is -1.90. The van der Waals surface area contributed by atoms with Crippen LogP contribution >= 0.6 is 11.6 Å². The molecule has 2 rings (SSSR count). The lowest BCUT2D eigenvalue weighted by molar-refractivity contribution is -0.131. The monoisotopic (exact) mass is 236 g/mol. The number of aliphatic carboxylic acids is 1. The molecule has 2 N–H and O–H groups in total. The molecule has 0 fully saturated rings. The van der Waals surface area contributed by atoms with Crippen molar-refractivity contribution in [3.8, 4) is 0 Å². The van der Waals surface area contributed by atoms with Crippen LogP contribution in [0.3, 0.4) is 0 Å². The van der Waals surface area contributed by atoms with Gasteiger partial charge in [-0.05, 0) is 17.7 Å². The molecule has 2 aromatic rings. The Bertz CT molecular complexity index is 560. The summed E-state index contributed by atoms with van der Waals surface area (Å²) >= 11 is 5.80. The number of carboxylic acid groups (broad SMARTS) is 1. The van der Waals surface area contributed by atoms with E-state index in [0.717, 1.165) is 28.2 Å². The predicted octanol–water partition coefficient (Wildman–Crippen LogP) is 2.40. The van der Waals surface area contributed by atoms with Gasteiger partial charge in [0, 0.05) is 17.5 Å². The van der Waals surface area contributed by atoms with Crippen LogP contribution in [-0.2, 0) is 10.7 Å². The molecular formula is C11H9ClN2O2. The average Bonchev–Trinajstić information content (AvgIpc) is 2.73. The highest BCUT2D eigenvalue weighted by Gasteiger charge is 2.06. The predicted molar refractivity (Wildman–Crippen MR) is 62.3 cm³/mol. The van der Waals surface area contributed by atoms with E-state index in [4.69, 9.17) is 16.7 Å². The second-order valence-electron chi connectivity index (χ2n) is 3.24. The summed E-state index contributed by atoms with van der Waals surface area (Å²) in [7, 11) is 0. The van der Waals surface area contributed by atoms with Gasteiger partial charge in [-0.15, -0.1) is 11.6 Å². The minimum atomic E-state index is -0.993. The first-order valence-corrected chi connectivity index (χ1v) is 5.17. The van der Waals surface area contributed by atoms with E-state index >= 15 is 0 Å². The molecule has 1 heterocycles. The fourth-order valence-electron chi connectivity index (χ4n) is 1.53. The van der Waals surface area contributed by atoms with Gasteiger partial charge in [-0.3, -0.25) is 0 Å². The first kappa shape index (κ1) is 10.7. The van der Waals surface area contributed by atoms with Crippen molar-refractivity contribution >= 4 is 34.7 Å². The summed E-state index contributed by atoms with van der Waals surface area (Å²) in [6.07, 6.45) is 4.17. The molecule has 0 saturated carbocycles. The number of nitrogens with one attached hydrogen (secondary N) is 1. The number of hydrogen-bond acceptors (Lipinski definition) is 2. The number of rotatable bonds is 3. The Balaban J connectivity index is 2.61. The zero-order valence-electron chi connectivity index (χ0n) is 8.27. The third-order valence-electron chi connectivity index (χ3n) is 2.26. The Morgan fingerprint density at radius 3 is 3.06 bits per heavy atom. The van der Waals surface area contributed by atoms with Crippen LogP contribution in [0.1, 0.15) is 11.1 Å². The van der Waals surface area contributed by atoms with Gasteiger partial charge in [0.15, 0.2) is 0 Å². The molecule has 82 valence electrons. The zero-order valence-corrected chi connectivity index (χ0v) is 9.03. The number of halogens is 1. The number of alkyl halides is 1. The van der Waals surface area contributed by atoms with Crippen molar-refractivity contribution in [3.05, 3.63) is 35.7 Å². The highest BCUT2D eigenvalue weighted by Crippen LogP contribution is 2.22. The second kappa shape index (κ2) is 4.37. The van der Waals surface area contributed by atoms with Crippen molar-refractivity contribution in [2.45, 2.75) is 5.88 Å². The highest BCUT2D eigenvalue weighted by atomic mass is 35.5. The van der Waals surface area contributed by atoms with Crippen LogP contribution in [0.2, 0.25) is 0 Å². The van der Waals surface area contributed by atoms with E-state index in [1.54, 1.807) is 6.33 Å². The van der Waals surface area contributed by atoms with Crippen LogP contribution in [-0.4, -0.2) is 21.0 Å². The van der Waals surface area contributed by atoms with Crippen molar-refractivity contribution in [1.29, 1.82) is 0 Å². The molecule has 0 radical (unpaired) electrons. The lowest BCUT2D eigenvalue weighted by atomic mass is 10.1. The van der Waals surface area contributed by atoms with E-state index in [9.17, 15) is 4.79 Å². The van der Waals surface area contributed by atoms with Gasteiger partial charge >= 0.3 is 5.97 Å². The van der Waals surface area contributed by atoms with E-state index in [-0.39, 0.29) is 0 Å². The number of nitrogens with zero attached hydrogens (tertiary/aromatic N) is 1. The van der Waals surface area contributed by atoms with Gasteiger partial charge in [0.05, 0.1) is 17.4 Å². The Morgan fingerprint density at radius 1 is 1.56 bits per heavy atom. The second-order valence-corrected chi connectivity index (χ2v) is 3.51. The van der Waals surface area contributed by atoms with Gasteiger partial charge in [-0.25, -0.2) is 9.78 Å². The average molecular weight is 237 g/mol. The van der Waals surface area contributed by atoms with E-state index in [1.807, 2.05) is 12.1 Å². The molecule has 0 saturated heterocycles. The molecule has 0 aliphatic heterocycles. The number of aromatic amines is 1. The van der Waals surface area contributed by atoms with Gasteiger partial charge in [0.1, 0.15) is 0 Å². The summed E-state index contributed by atoms with van der Waals surface area (Å²) in [4.78, 5) is 17.6. The van der Waals surface area contributed by atoms with Crippen LogP contribution in [0.15, 0.2) is 24.5 Å². The summed E-state index contributed by atoms with van der Waals surface area (Å²) in [6.45, 7) is 0. The van der Waals surface area contributed by atoms with E-state index in [2.05, 4.69) is 9.97 Å². The molecular weight excluding hydrogens is 228 g/mol. The van der Waals surface area contributed by atoms with Crippen molar-refractivity contribution in [2.24, 2.45) is 0 Å². The summed E-state index contributed by atoms with van der Waals surface area (Å²) < 4.78 is 0. The van der Waals surface area contributed by atoms with Gasteiger partial charge in [-0.1, -0.05) is 6.07 Å². The number of benzene rings is 1. The van der Waals surface area contributed by atoms with Crippen LogP contribution in [0.5, 0.6) is 0 Å². The molecule has 0 spiro atoms. The molecule has 1 aromatic heterocycles. The Kier molecular flexibility index (Phi) is 2.92. The molecule has 5 heteroatoms. The van der Waals surface area contributed by atoms with Crippen molar-refractivity contribution in [3.63, 3.8) is 0 Å². The number of H-pyrrole nitrogens is 1. The van der Waals surface area contributed by atoms with Gasteiger partial charge < -0.3 is 10.1 Å². The van der Waals surface area contributed by atoms with Crippen LogP contribution < -0.4 is 0 Å². The van der Waals surface area contributed by atoms with Crippen LogP contribution in [0, 0.1) is 0 Å². The molecule has 0 atom stereocenters. The maximum Gasteiger partial charge on any atom is 0.328 e. The summed E-state index contributed by atoms with van der Waals surface area (Å²) in [5.41, 5.74) is 3.20. The Morgan fingerprint density at radius 2 is 2.38 bits per heavy atom.